The molecule has 1 rings (SSSR count). The first kappa shape index (κ1) is 14.6. The Morgan fingerprint density at radius 3 is 2.60 bits per heavy atom. The molecule has 1 aromatic heterocycles. The standard InChI is InChI=1S/C10H16ClN3.ClH/c11-10-5-4-8(7-14-10)9(13)3-1-2-6-12;/h4-5,7,9H,1-3,6,12-13H2;1H/t9-;/m0./s1. The van der Waals surface area contributed by atoms with Crippen LogP contribution in [0.25, 0.3) is 0 Å². The molecule has 0 unspecified atom stereocenters. The fraction of sp³-hybridized carbons (Fsp3) is 0.500. The lowest BCUT2D eigenvalue weighted by Crippen LogP contribution is -2.11. The Hall–Kier alpha value is -0.350. The summed E-state index contributed by atoms with van der Waals surface area (Å²) in [5, 5.41) is 0.503. The number of nitrogens with two attached hydrogens (primary N) is 2. The lowest BCUT2D eigenvalue weighted by molar-refractivity contribution is 0.589. The van der Waals surface area contributed by atoms with Gasteiger partial charge in [0.1, 0.15) is 5.15 Å². The summed E-state index contributed by atoms with van der Waals surface area (Å²) in [4.78, 5) is 3.99. The molecule has 0 aliphatic carbocycles. The number of hydrogen-bond acceptors (Lipinski definition) is 3. The van der Waals surface area contributed by atoms with E-state index in [0.29, 0.717) is 5.15 Å². The highest BCUT2D eigenvalue weighted by Crippen LogP contribution is 2.16. The van der Waals surface area contributed by atoms with E-state index in [2.05, 4.69) is 4.98 Å². The van der Waals surface area contributed by atoms with Crippen molar-refractivity contribution in [2.45, 2.75) is 25.3 Å². The summed E-state index contributed by atoms with van der Waals surface area (Å²) in [6.07, 6.45) is 4.75. The van der Waals surface area contributed by atoms with E-state index in [0.717, 1.165) is 31.4 Å². The Labute approximate surface area is 102 Å². The van der Waals surface area contributed by atoms with Gasteiger partial charge in [0.25, 0.3) is 0 Å². The lowest BCUT2D eigenvalue weighted by atomic mass is 10.0. The molecule has 5 heteroatoms. The van der Waals surface area contributed by atoms with E-state index in [1.54, 1.807) is 12.3 Å². The average molecular weight is 250 g/mol. The molecule has 86 valence electrons. The maximum absolute atomic E-state index is 5.96. The Kier molecular flexibility index (Phi) is 7.70. The SMILES string of the molecule is Cl.NCCCC[C@H](N)c1ccc(Cl)nc1. The Bertz CT molecular complexity index is 264. The Morgan fingerprint density at radius 2 is 2.07 bits per heavy atom. The van der Waals surface area contributed by atoms with Crippen LogP contribution in [0.2, 0.25) is 5.15 Å². The van der Waals surface area contributed by atoms with Crippen LogP contribution in [-0.2, 0) is 0 Å². The van der Waals surface area contributed by atoms with Crippen molar-refractivity contribution in [2.75, 3.05) is 6.54 Å². The van der Waals surface area contributed by atoms with Crippen LogP contribution in [0.4, 0.5) is 0 Å². The molecule has 1 heterocycles. The Balaban J connectivity index is 0.00000196. The molecule has 1 atom stereocenters. The summed E-state index contributed by atoms with van der Waals surface area (Å²) in [6, 6.07) is 3.73. The van der Waals surface area contributed by atoms with Gasteiger partial charge in [-0.3, -0.25) is 0 Å². The molecule has 3 nitrogen and oxygen atoms in total. The van der Waals surface area contributed by atoms with Crippen molar-refractivity contribution < 1.29 is 0 Å². The first-order valence-electron chi connectivity index (χ1n) is 4.81. The predicted octanol–water partition coefficient (Wildman–Crippen LogP) is 2.29. The highest BCUT2D eigenvalue weighted by Gasteiger charge is 2.05. The normalized spacial score (nSPS) is 11.9. The van der Waals surface area contributed by atoms with Gasteiger partial charge in [-0.15, -0.1) is 12.4 Å². The van der Waals surface area contributed by atoms with Crippen molar-refractivity contribution in [2.24, 2.45) is 11.5 Å². The number of hydrogen-bond donors (Lipinski definition) is 2. The Morgan fingerprint density at radius 1 is 1.33 bits per heavy atom. The highest BCUT2D eigenvalue weighted by molar-refractivity contribution is 6.29. The molecule has 0 fully saturated rings. The zero-order valence-electron chi connectivity index (χ0n) is 8.53. The van der Waals surface area contributed by atoms with Gasteiger partial charge >= 0.3 is 0 Å². The third-order valence-electron chi connectivity index (χ3n) is 2.15. The first-order chi connectivity index (χ1) is 6.74. The van der Waals surface area contributed by atoms with Crippen LogP contribution in [0.1, 0.15) is 30.9 Å². The number of halogens is 2. The molecule has 15 heavy (non-hydrogen) atoms. The number of pyridine rings is 1. The van der Waals surface area contributed by atoms with Crippen LogP contribution in [0.5, 0.6) is 0 Å². The van der Waals surface area contributed by atoms with Crippen molar-refractivity contribution in [3.63, 3.8) is 0 Å². The monoisotopic (exact) mass is 249 g/mol. The summed E-state index contributed by atoms with van der Waals surface area (Å²) in [7, 11) is 0. The molecule has 1 aromatic rings. The van der Waals surface area contributed by atoms with Crippen molar-refractivity contribution in [3.05, 3.63) is 29.0 Å². The minimum absolute atomic E-state index is 0. The third-order valence-corrected chi connectivity index (χ3v) is 2.37. The van der Waals surface area contributed by atoms with Crippen LogP contribution in [0.3, 0.4) is 0 Å². The van der Waals surface area contributed by atoms with Gasteiger partial charge in [0, 0.05) is 12.2 Å². The van der Waals surface area contributed by atoms with Gasteiger partial charge in [0.15, 0.2) is 0 Å². The average Bonchev–Trinajstić information content (AvgIpc) is 2.19. The fourth-order valence-electron chi connectivity index (χ4n) is 1.28. The first-order valence-corrected chi connectivity index (χ1v) is 5.19. The maximum atomic E-state index is 5.96. The molecular formula is C10H17Cl2N3. The smallest absolute Gasteiger partial charge is 0.129 e. The molecule has 0 aliphatic heterocycles. The molecule has 0 aliphatic rings. The van der Waals surface area contributed by atoms with Gasteiger partial charge in [-0.25, -0.2) is 4.98 Å². The van der Waals surface area contributed by atoms with Crippen molar-refractivity contribution in [1.82, 2.24) is 4.98 Å². The van der Waals surface area contributed by atoms with E-state index >= 15 is 0 Å². The largest absolute Gasteiger partial charge is 0.330 e. The highest BCUT2D eigenvalue weighted by atomic mass is 35.5. The quantitative estimate of drug-likeness (QED) is 0.622. The van der Waals surface area contributed by atoms with Gasteiger partial charge in [0.05, 0.1) is 0 Å². The number of unbranched alkanes of at least 4 members (excludes halogenated alkanes) is 1. The molecule has 0 spiro atoms. The van der Waals surface area contributed by atoms with E-state index in [1.165, 1.54) is 0 Å². The second-order valence-electron chi connectivity index (χ2n) is 3.31. The van der Waals surface area contributed by atoms with Crippen LogP contribution in [-0.4, -0.2) is 11.5 Å². The molecule has 0 bridgehead atoms. The molecule has 0 amide bonds. The second-order valence-corrected chi connectivity index (χ2v) is 3.69. The number of nitrogens with zero attached hydrogens (tertiary/aromatic N) is 1. The summed E-state index contributed by atoms with van der Waals surface area (Å²) >= 11 is 5.67. The topological polar surface area (TPSA) is 64.9 Å². The zero-order chi connectivity index (χ0) is 10.4. The summed E-state index contributed by atoms with van der Waals surface area (Å²) in [6.45, 7) is 0.728. The van der Waals surface area contributed by atoms with E-state index in [9.17, 15) is 0 Å². The third kappa shape index (κ3) is 5.33. The molecule has 4 N–H and O–H groups in total. The van der Waals surface area contributed by atoms with E-state index in [4.69, 9.17) is 23.1 Å². The number of rotatable bonds is 5. The predicted molar refractivity (Wildman–Crippen MR) is 66.3 cm³/mol. The molecular weight excluding hydrogens is 233 g/mol. The molecule has 0 saturated carbocycles. The van der Waals surface area contributed by atoms with Crippen molar-refractivity contribution in [3.8, 4) is 0 Å². The van der Waals surface area contributed by atoms with Crippen LogP contribution < -0.4 is 11.5 Å². The van der Waals surface area contributed by atoms with Gasteiger partial charge in [0.2, 0.25) is 0 Å². The van der Waals surface area contributed by atoms with Gasteiger partial charge in [-0.2, -0.15) is 0 Å². The van der Waals surface area contributed by atoms with Crippen molar-refractivity contribution in [1.29, 1.82) is 0 Å². The number of aromatic nitrogens is 1. The minimum Gasteiger partial charge on any atom is -0.330 e. The van der Waals surface area contributed by atoms with Gasteiger partial charge in [-0.05, 0) is 31.0 Å². The minimum atomic E-state index is 0. The maximum Gasteiger partial charge on any atom is 0.129 e. The van der Waals surface area contributed by atoms with Crippen LogP contribution in [0, 0.1) is 0 Å². The van der Waals surface area contributed by atoms with E-state index < -0.39 is 0 Å². The van der Waals surface area contributed by atoms with E-state index in [1.807, 2.05) is 6.07 Å². The van der Waals surface area contributed by atoms with Crippen molar-refractivity contribution >= 4 is 24.0 Å². The van der Waals surface area contributed by atoms with E-state index in [-0.39, 0.29) is 18.4 Å². The lowest BCUT2D eigenvalue weighted by Gasteiger charge is -2.10. The molecule has 0 aromatic carbocycles. The zero-order valence-corrected chi connectivity index (χ0v) is 10.1. The van der Waals surface area contributed by atoms with Crippen LogP contribution in [0.15, 0.2) is 18.3 Å². The summed E-state index contributed by atoms with van der Waals surface area (Å²) in [5.74, 6) is 0. The second kappa shape index (κ2) is 7.88. The van der Waals surface area contributed by atoms with Gasteiger partial charge in [-0.1, -0.05) is 24.1 Å². The summed E-state index contributed by atoms with van der Waals surface area (Å²) < 4.78 is 0. The fourth-order valence-corrected chi connectivity index (χ4v) is 1.39. The molecule has 0 saturated heterocycles. The van der Waals surface area contributed by atoms with Gasteiger partial charge < -0.3 is 11.5 Å². The summed E-state index contributed by atoms with van der Waals surface area (Å²) in [5.41, 5.74) is 12.4. The molecule has 0 radical (unpaired) electrons. The van der Waals surface area contributed by atoms with Crippen LogP contribution >= 0.6 is 24.0 Å².